The third-order valence-electron chi connectivity index (χ3n) is 3.45. The number of rotatable bonds is 6. The summed E-state index contributed by atoms with van der Waals surface area (Å²) in [4.78, 5) is 20.5. The van der Waals surface area contributed by atoms with Crippen LogP contribution in [0.25, 0.3) is 0 Å². The molecule has 0 bridgehead atoms. The Hall–Kier alpha value is -3.48. The van der Waals surface area contributed by atoms with Crippen LogP contribution in [0.5, 0.6) is 11.6 Å². The summed E-state index contributed by atoms with van der Waals surface area (Å²) in [6.07, 6.45) is 1.51. The summed E-state index contributed by atoms with van der Waals surface area (Å²) in [5.74, 6) is 0.418. The third-order valence-corrected chi connectivity index (χ3v) is 3.45. The summed E-state index contributed by atoms with van der Waals surface area (Å²) in [5.41, 5.74) is 0.709. The van der Waals surface area contributed by atoms with Crippen LogP contribution in [0.4, 0.5) is 16.0 Å². The van der Waals surface area contributed by atoms with Crippen molar-refractivity contribution >= 4 is 17.5 Å². The van der Waals surface area contributed by atoms with Gasteiger partial charge in [0.25, 0.3) is 0 Å². The Balaban J connectivity index is 1.62. The number of nitrogens with one attached hydrogen (secondary N) is 2. The second kappa shape index (κ2) is 8.06. The Morgan fingerprint density at radius 2 is 1.81 bits per heavy atom. The zero-order valence-electron chi connectivity index (χ0n) is 14.0. The zero-order valence-corrected chi connectivity index (χ0v) is 14.0. The van der Waals surface area contributed by atoms with Crippen LogP contribution in [0.15, 0.2) is 66.9 Å². The lowest BCUT2D eigenvalue weighted by molar-refractivity contribution is -0.116. The van der Waals surface area contributed by atoms with Gasteiger partial charge in [-0.25, -0.2) is 9.37 Å². The predicted octanol–water partition coefficient (Wildman–Crippen LogP) is 3.85. The lowest BCUT2D eigenvalue weighted by Crippen LogP contribution is -2.32. The molecule has 0 saturated carbocycles. The maximum Gasteiger partial charge on any atom is 0.246 e. The lowest BCUT2D eigenvalue weighted by Gasteiger charge is -2.14. The molecule has 3 rings (SSSR count). The summed E-state index contributed by atoms with van der Waals surface area (Å²) < 4.78 is 18.5. The zero-order chi connectivity index (χ0) is 18.4. The molecule has 2 aromatic carbocycles. The summed E-state index contributed by atoms with van der Waals surface area (Å²) in [7, 11) is 0. The van der Waals surface area contributed by atoms with Gasteiger partial charge in [0.1, 0.15) is 17.6 Å². The monoisotopic (exact) mass is 352 g/mol. The first-order valence-electron chi connectivity index (χ1n) is 7.99. The molecule has 132 valence electrons. The maximum atomic E-state index is 12.9. The molecular formula is C19H17FN4O2. The molecule has 0 spiro atoms. The second-order valence-corrected chi connectivity index (χ2v) is 5.50. The lowest BCUT2D eigenvalue weighted by atomic mass is 10.2. The fraction of sp³-hybridized carbons (Fsp3) is 0.105. The van der Waals surface area contributed by atoms with E-state index in [1.165, 1.54) is 30.5 Å². The van der Waals surface area contributed by atoms with E-state index in [-0.39, 0.29) is 23.6 Å². The van der Waals surface area contributed by atoms with Gasteiger partial charge in [-0.1, -0.05) is 18.2 Å². The van der Waals surface area contributed by atoms with E-state index in [4.69, 9.17) is 4.74 Å². The van der Waals surface area contributed by atoms with Gasteiger partial charge in [0.15, 0.2) is 0 Å². The molecule has 1 amide bonds. The van der Waals surface area contributed by atoms with Crippen LogP contribution in [-0.4, -0.2) is 21.9 Å². The van der Waals surface area contributed by atoms with Gasteiger partial charge in [-0.05, 0) is 43.3 Å². The van der Waals surface area contributed by atoms with E-state index in [0.717, 1.165) is 0 Å². The van der Waals surface area contributed by atoms with Crippen molar-refractivity contribution in [2.24, 2.45) is 0 Å². The standard InChI is InChI=1S/C19H17FN4O2/c1-13(18(25)23-15-5-3-2-4-6-15)22-19-21-12-11-17(24-19)26-16-9-7-14(20)8-10-16/h2-13H,1H3,(H,23,25)(H,21,22,24). The normalized spacial score (nSPS) is 11.5. The number of anilines is 2. The molecule has 0 aliphatic rings. The van der Waals surface area contributed by atoms with Crippen molar-refractivity contribution in [3.63, 3.8) is 0 Å². The molecule has 1 unspecified atom stereocenters. The van der Waals surface area contributed by atoms with E-state index in [1.54, 1.807) is 25.1 Å². The number of carbonyl (C=O) groups excluding carboxylic acids is 1. The minimum Gasteiger partial charge on any atom is -0.439 e. The highest BCUT2D eigenvalue weighted by Gasteiger charge is 2.14. The molecule has 0 radical (unpaired) electrons. The number of ether oxygens (including phenoxy) is 1. The Bertz CT molecular complexity index is 872. The molecule has 7 heteroatoms. The quantitative estimate of drug-likeness (QED) is 0.705. The van der Waals surface area contributed by atoms with Gasteiger partial charge in [-0.15, -0.1) is 0 Å². The highest BCUT2D eigenvalue weighted by Crippen LogP contribution is 2.20. The molecule has 1 aromatic heterocycles. The van der Waals surface area contributed by atoms with Crippen LogP contribution >= 0.6 is 0 Å². The number of halogens is 1. The van der Waals surface area contributed by atoms with Crippen LogP contribution in [-0.2, 0) is 4.79 Å². The predicted molar refractivity (Wildman–Crippen MR) is 96.7 cm³/mol. The van der Waals surface area contributed by atoms with Crippen LogP contribution in [0.2, 0.25) is 0 Å². The molecule has 0 aliphatic heterocycles. The highest BCUT2D eigenvalue weighted by atomic mass is 19.1. The Morgan fingerprint density at radius 3 is 2.54 bits per heavy atom. The molecule has 1 atom stereocenters. The van der Waals surface area contributed by atoms with Crippen molar-refractivity contribution < 1.29 is 13.9 Å². The van der Waals surface area contributed by atoms with Crippen molar-refractivity contribution in [2.45, 2.75) is 13.0 Å². The first kappa shape index (κ1) is 17.3. The van der Waals surface area contributed by atoms with E-state index in [2.05, 4.69) is 20.6 Å². The van der Waals surface area contributed by atoms with E-state index in [9.17, 15) is 9.18 Å². The van der Waals surface area contributed by atoms with E-state index < -0.39 is 6.04 Å². The smallest absolute Gasteiger partial charge is 0.246 e. The van der Waals surface area contributed by atoms with Crippen molar-refractivity contribution in [2.75, 3.05) is 10.6 Å². The van der Waals surface area contributed by atoms with Crippen molar-refractivity contribution in [1.82, 2.24) is 9.97 Å². The van der Waals surface area contributed by atoms with Gasteiger partial charge in [0, 0.05) is 18.0 Å². The molecule has 1 heterocycles. The average molecular weight is 352 g/mol. The Kier molecular flexibility index (Phi) is 5.38. The molecular weight excluding hydrogens is 335 g/mol. The van der Waals surface area contributed by atoms with Gasteiger partial charge in [-0.3, -0.25) is 4.79 Å². The number of hydrogen-bond acceptors (Lipinski definition) is 5. The van der Waals surface area contributed by atoms with Crippen LogP contribution in [0.3, 0.4) is 0 Å². The average Bonchev–Trinajstić information content (AvgIpc) is 2.65. The largest absolute Gasteiger partial charge is 0.439 e. The molecule has 26 heavy (non-hydrogen) atoms. The minimum absolute atomic E-state index is 0.218. The van der Waals surface area contributed by atoms with Gasteiger partial charge < -0.3 is 15.4 Å². The number of benzene rings is 2. The number of amides is 1. The third kappa shape index (κ3) is 4.76. The fourth-order valence-corrected chi connectivity index (χ4v) is 2.12. The highest BCUT2D eigenvalue weighted by molar-refractivity contribution is 5.95. The van der Waals surface area contributed by atoms with E-state index in [1.807, 2.05) is 18.2 Å². The van der Waals surface area contributed by atoms with Crippen molar-refractivity contribution in [3.05, 3.63) is 72.7 Å². The summed E-state index contributed by atoms with van der Waals surface area (Å²) in [6, 6.07) is 15.8. The van der Waals surface area contributed by atoms with E-state index in [0.29, 0.717) is 11.4 Å². The molecule has 2 N–H and O–H groups in total. The summed E-state index contributed by atoms with van der Waals surface area (Å²) in [6.45, 7) is 1.70. The van der Waals surface area contributed by atoms with Crippen LogP contribution < -0.4 is 15.4 Å². The number of para-hydroxylation sites is 1. The SMILES string of the molecule is CC(Nc1nccc(Oc2ccc(F)cc2)n1)C(=O)Nc1ccccc1. The molecule has 6 nitrogen and oxygen atoms in total. The Labute approximate surface area is 150 Å². The van der Waals surface area contributed by atoms with Crippen LogP contribution in [0.1, 0.15) is 6.92 Å². The van der Waals surface area contributed by atoms with Gasteiger partial charge >= 0.3 is 0 Å². The van der Waals surface area contributed by atoms with Crippen LogP contribution in [0, 0.1) is 5.82 Å². The summed E-state index contributed by atoms with van der Waals surface area (Å²) in [5, 5.41) is 5.72. The fourth-order valence-electron chi connectivity index (χ4n) is 2.12. The van der Waals surface area contributed by atoms with E-state index >= 15 is 0 Å². The first-order chi connectivity index (χ1) is 12.6. The molecule has 0 aliphatic carbocycles. The van der Waals surface area contributed by atoms with Gasteiger partial charge in [0.05, 0.1) is 0 Å². The van der Waals surface area contributed by atoms with Crippen molar-refractivity contribution in [1.29, 1.82) is 0 Å². The van der Waals surface area contributed by atoms with Crippen molar-refractivity contribution in [3.8, 4) is 11.6 Å². The number of carbonyl (C=O) groups is 1. The molecule has 3 aromatic rings. The number of aromatic nitrogens is 2. The number of hydrogen-bond donors (Lipinski definition) is 2. The van der Waals surface area contributed by atoms with Gasteiger partial charge in [0.2, 0.25) is 17.7 Å². The second-order valence-electron chi connectivity index (χ2n) is 5.50. The number of nitrogens with zero attached hydrogens (tertiary/aromatic N) is 2. The summed E-state index contributed by atoms with van der Waals surface area (Å²) >= 11 is 0. The first-order valence-corrected chi connectivity index (χ1v) is 7.99. The maximum absolute atomic E-state index is 12.9. The molecule has 0 saturated heterocycles. The Morgan fingerprint density at radius 1 is 1.08 bits per heavy atom. The molecule has 0 fully saturated rings. The minimum atomic E-state index is -0.559. The topological polar surface area (TPSA) is 76.1 Å². The van der Waals surface area contributed by atoms with Gasteiger partial charge in [-0.2, -0.15) is 4.98 Å².